The Hall–Kier alpha value is -1.91. The second kappa shape index (κ2) is 6.70. The van der Waals surface area contributed by atoms with Crippen molar-refractivity contribution in [3.8, 4) is 0 Å². The van der Waals surface area contributed by atoms with E-state index in [1.165, 1.54) is 18.2 Å². The monoisotopic (exact) mass is 295 g/mol. The summed E-state index contributed by atoms with van der Waals surface area (Å²) in [6.07, 6.45) is 5.85. The number of hydrogen-bond acceptors (Lipinski definition) is 2. The van der Waals surface area contributed by atoms with Crippen LogP contribution in [-0.4, -0.2) is 23.7 Å². The molecule has 1 saturated heterocycles. The number of rotatable bonds is 4. The van der Waals surface area contributed by atoms with Gasteiger partial charge in [0, 0.05) is 18.7 Å². The fourth-order valence-electron chi connectivity index (χ4n) is 2.84. The van der Waals surface area contributed by atoms with E-state index in [0.29, 0.717) is 6.54 Å². The van der Waals surface area contributed by atoms with Gasteiger partial charge in [0.1, 0.15) is 17.3 Å². The van der Waals surface area contributed by atoms with Crippen molar-refractivity contribution in [2.24, 2.45) is 0 Å². The number of anilines is 1. The summed E-state index contributed by atoms with van der Waals surface area (Å²) in [7, 11) is 0. The highest BCUT2D eigenvalue weighted by molar-refractivity contribution is 5.85. The Morgan fingerprint density at radius 3 is 2.62 bits per heavy atom. The summed E-state index contributed by atoms with van der Waals surface area (Å²) >= 11 is 0. The lowest BCUT2D eigenvalue weighted by Gasteiger charge is -2.37. The van der Waals surface area contributed by atoms with Gasteiger partial charge >= 0.3 is 5.97 Å². The van der Waals surface area contributed by atoms with Crippen molar-refractivity contribution >= 4 is 17.7 Å². The van der Waals surface area contributed by atoms with Gasteiger partial charge in [0.15, 0.2) is 0 Å². The lowest BCUT2D eigenvalue weighted by atomic mass is 9.98. The van der Waals surface area contributed by atoms with Crippen LogP contribution in [0.2, 0.25) is 0 Å². The molecule has 21 heavy (non-hydrogen) atoms. The van der Waals surface area contributed by atoms with E-state index in [4.69, 9.17) is 5.11 Å². The first-order chi connectivity index (χ1) is 10.0. The predicted molar refractivity (Wildman–Crippen MR) is 78.3 cm³/mol. The Kier molecular flexibility index (Phi) is 4.94. The maximum atomic E-state index is 14.3. The predicted octanol–water partition coefficient (Wildman–Crippen LogP) is 3.83. The molecule has 0 saturated carbocycles. The molecule has 0 spiro atoms. The Bertz CT molecular complexity index is 534. The Morgan fingerprint density at radius 1 is 1.38 bits per heavy atom. The Labute approximate surface area is 122 Å². The van der Waals surface area contributed by atoms with Crippen molar-refractivity contribution in [2.75, 3.05) is 11.4 Å². The van der Waals surface area contributed by atoms with Crippen LogP contribution in [0.15, 0.2) is 18.2 Å². The Balaban J connectivity index is 2.34. The highest BCUT2D eigenvalue weighted by atomic mass is 19.1. The van der Waals surface area contributed by atoms with Crippen LogP contribution < -0.4 is 4.90 Å². The zero-order valence-electron chi connectivity index (χ0n) is 12.0. The quantitative estimate of drug-likeness (QED) is 0.858. The average Bonchev–Trinajstić information content (AvgIpc) is 2.45. The van der Waals surface area contributed by atoms with Crippen LogP contribution in [0.25, 0.3) is 6.08 Å². The van der Waals surface area contributed by atoms with Crippen LogP contribution in [0, 0.1) is 11.6 Å². The van der Waals surface area contributed by atoms with Crippen molar-refractivity contribution in [3.05, 3.63) is 35.4 Å². The number of nitrogens with zero attached hydrogens (tertiary/aromatic N) is 1. The van der Waals surface area contributed by atoms with E-state index in [-0.39, 0.29) is 17.3 Å². The number of halogens is 2. The molecule has 2 rings (SSSR count). The number of piperidine rings is 1. The molecule has 1 aliphatic heterocycles. The maximum Gasteiger partial charge on any atom is 0.328 e. The smallest absolute Gasteiger partial charge is 0.328 e. The molecule has 1 unspecified atom stereocenters. The van der Waals surface area contributed by atoms with Gasteiger partial charge in [-0.05, 0) is 49.5 Å². The molecule has 1 atom stereocenters. The van der Waals surface area contributed by atoms with Crippen molar-refractivity contribution in [3.63, 3.8) is 0 Å². The summed E-state index contributed by atoms with van der Waals surface area (Å²) in [4.78, 5) is 12.3. The summed E-state index contributed by atoms with van der Waals surface area (Å²) < 4.78 is 28.5. The summed E-state index contributed by atoms with van der Waals surface area (Å²) in [5.74, 6) is -2.43. The fraction of sp³-hybridized carbons (Fsp3) is 0.438. The van der Waals surface area contributed by atoms with Gasteiger partial charge in [-0.25, -0.2) is 13.6 Å². The molecule has 1 fully saturated rings. The average molecular weight is 295 g/mol. The van der Waals surface area contributed by atoms with E-state index in [1.54, 1.807) is 4.90 Å². The second-order valence-corrected chi connectivity index (χ2v) is 5.26. The standard InChI is InChI=1S/C16H19F2NO2/c1-2-12-5-3-4-8-19(12)16-13(17)9-11(10-14(16)18)6-7-15(20)21/h6-7,9-10,12H,2-5,8H2,1H3,(H,20,21). The molecule has 114 valence electrons. The van der Waals surface area contributed by atoms with E-state index in [2.05, 4.69) is 0 Å². The van der Waals surface area contributed by atoms with Crippen molar-refractivity contribution in [1.82, 2.24) is 0 Å². The lowest BCUT2D eigenvalue weighted by molar-refractivity contribution is -0.131. The zero-order valence-corrected chi connectivity index (χ0v) is 12.0. The molecule has 1 N–H and O–H groups in total. The first-order valence-electron chi connectivity index (χ1n) is 7.19. The minimum absolute atomic E-state index is 0.00836. The van der Waals surface area contributed by atoms with Gasteiger partial charge < -0.3 is 10.0 Å². The van der Waals surface area contributed by atoms with Crippen molar-refractivity contribution in [1.29, 1.82) is 0 Å². The van der Waals surface area contributed by atoms with Crippen LogP contribution in [0.5, 0.6) is 0 Å². The molecule has 0 aliphatic carbocycles. The van der Waals surface area contributed by atoms with Gasteiger partial charge in [0.05, 0.1) is 0 Å². The van der Waals surface area contributed by atoms with E-state index in [0.717, 1.165) is 31.8 Å². The first-order valence-corrected chi connectivity index (χ1v) is 7.19. The number of aliphatic carboxylic acids is 1. The van der Waals surface area contributed by atoms with Gasteiger partial charge in [0.25, 0.3) is 0 Å². The van der Waals surface area contributed by atoms with Crippen molar-refractivity contribution < 1.29 is 18.7 Å². The normalized spacial score (nSPS) is 19.2. The largest absolute Gasteiger partial charge is 0.478 e. The highest BCUT2D eigenvalue weighted by Gasteiger charge is 2.26. The van der Waals surface area contributed by atoms with Gasteiger partial charge in [-0.2, -0.15) is 0 Å². The van der Waals surface area contributed by atoms with Crippen LogP contribution in [-0.2, 0) is 4.79 Å². The van der Waals surface area contributed by atoms with Crippen molar-refractivity contribution in [2.45, 2.75) is 38.6 Å². The SMILES string of the molecule is CCC1CCCCN1c1c(F)cc(C=CC(=O)O)cc1F. The minimum Gasteiger partial charge on any atom is -0.478 e. The van der Waals surface area contributed by atoms with E-state index in [9.17, 15) is 13.6 Å². The van der Waals surface area contributed by atoms with E-state index < -0.39 is 17.6 Å². The Morgan fingerprint density at radius 2 is 2.05 bits per heavy atom. The molecule has 5 heteroatoms. The first kappa shape index (κ1) is 15.5. The second-order valence-electron chi connectivity index (χ2n) is 5.26. The van der Waals surface area contributed by atoms with Crippen LogP contribution in [0.4, 0.5) is 14.5 Å². The third-order valence-electron chi connectivity index (χ3n) is 3.84. The molecule has 1 aromatic rings. The number of carbonyl (C=O) groups is 1. The molecule has 3 nitrogen and oxygen atoms in total. The van der Waals surface area contributed by atoms with Gasteiger partial charge in [-0.3, -0.25) is 0 Å². The molecule has 0 radical (unpaired) electrons. The molecule has 1 heterocycles. The summed E-state index contributed by atoms with van der Waals surface area (Å²) in [5, 5.41) is 8.56. The maximum absolute atomic E-state index is 14.3. The van der Waals surface area contributed by atoms with Gasteiger partial charge in [0.2, 0.25) is 0 Å². The van der Waals surface area contributed by atoms with Crippen LogP contribution in [0.3, 0.4) is 0 Å². The third-order valence-corrected chi connectivity index (χ3v) is 3.84. The van der Waals surface area contributed by atoms with Crippen LogP contribution >= 0.6 is 0 Å². The van der Waals surface area contributed by atoms with Gasteiger partial charge in [-0.1, -0.05) is 6.92 Å². The number of carboxylic acids is 1. The third kappa shape index (κ3) is 3.60. The molecule has 0 aromatic heterocycles. The number of carboxylic acid groups (broad SMARTS) is 1. The molecule has 1 aliphatic rings. The lowest BCUT2D eigenvalue weighted by Crippen LogP contribution is -2.40. The van der Waals surface area contributed by atoms with Gasteiger partial charge in [-0.15, -0.1) is 0 Å². The summed E-state index contributed by atoms with van der Waals surface area (Å²) in [6.45, 7) is 2.67. The van der Waals surface area contributed by atoms with E-state index in [1.807, 2.05) is 6.92 Å². The summed E-state index contributed by atoms with van der Waals surface area (Å²) in [6, 6.07) is 2.52. The minimum atomic E-state index is -1.15. The molecular weight excluding hydrogens is 276 g/mol. The van der Waals surface area contributed by atoms with Crippen LogP contribution in [0.1, 0.15) is 38.2 Å². The number of hydrogen-bond donors (Lipinski definition) is 1. The topological polar surface area (TPSA) is 40.5 Å². The van der Waals surface area contributed by atoms with E-state index >= 15 is 0 Å². The fourth-order valence-corrected chi connectivity index (χ4v) is 2.84. The molecule has 0 bridgehead atoms. The number of benzene rings is 1. The molecule has 0 amide bonds. The molecular formula is C16H19F2NO2. The summed E-state index contributed by atoms with van der Waals surface area (Å²) in [5.41, 5.74) is 0.218. The molecule has 1 aromatic carbocycles. The zero-order chi connectivity index (χ0) is 15.4. The highest BCUT2D eigenvalue weighted by Crippen LogP contribution is 2.32.